The van der Waals surface area contributed by atoms with Crippen molar-refractivity contribution >= 4 is 57.0 Å². The molecule has 0 spiro atoms. The van der Waals surface area contributed by atoms with Crippen LogP contribution in [0.15, 0.2) is 60.7 Å². The molecule has 1 aliphatic heterocycles. The van der Waals surface area contributed by atoms with Gasteiger partial charge in [0.2, 0.25) is 11.8 Å². The molecule has 2 saturated carbocycles. The van der Waals surface area contributed by atoms with Gasteiger partial charge >= 0.3 is 0 Å². The lowest BCUT2D eigenvalue weighted by atomic mass is 9.83. The van der Waals surface area contributed by atoms with Gasteiger partial charge in [0, 0.05) is 52.9 Å². The van der Waals surface area contributed by atoms with Crippen LogP contribution in [0.1, 0.15) is 145 Å². The molecule has 69 heavy (non-hydrogen) atoms. The van der Waals surface area contributed by atoms with Gasteiger partial charge in [-0.05, 0) is 120 Å². The zero-order valence-electron chi connectivity index (χ0n) is 41.5. The van der Waals surface area contributed by atoms with Crippen molar-refractivity contribution in [2.75, 3.05) is 25.5 Å². The number of halogens is 1. The fourth-order valence-corrected chi connectivity index (χ4v) is 10.8. The number of para-hydroxylation sites is 2. The van der Waals surface area contributed by atoms with E-state index in [1.165, 1.54) is 32.4 Å². The number of alkyl halides is 1. The maximum Gasteiger partial charge on any atom is 0.268 e. The molecule has 4 amide bonds. The molecule has 3 fully saturated rings. The van der Waals surface area contributed by atoms with Gasteiger partial charge in [0.05, 0.1) is 24.0 Å². The van der Waals surface area contributed by atoms with Crippen LogP contribution >= 0.6 is 11.6 Å². The van der Waals surface area contributed by atoms with Crippen molar-refractivity contribution in [2.24, 2.45) is 23.7 Å². The van der Waals surface area contributed by atoms with Crippen LogP contribution in [0.3, 0.4) is 0 Å². The second-order valence-corrected chi connectivity index (χ2v) is 20.7. The molecular weight excluding hydrogens is 886 g/mol. The molecule has 4 N–H and O–H groups in total. The van der Waals surface area contributed by atoms with Crippen molar-refractivity contribution in [1.29, 1.82) is 10.5 Å². The van der Waals surface area contributed by atoms with Gasteiger partial charge in [0.1, 0.15) is 23.5 Å². The van der Waals surface area contributed by atoms with Crippen LogP contribution in [-0.4, -0.2) is 87.3 Å². The van der Waals surface area contributed by atoms with Gasteiger partial charge in [0.25, 0.3) is 11.8 Å². The Morgan fingerprint density at radius 1 is 0.609 bits per heavy atom. The largest absolute Gasteiger partial charge is 0.347 e. The molecule has 14 heteroatoms. The fourth-order valence-electron chi connectivity index (χ4n) is 10.6. The first-order chi connectivity index (χ1) is 33.4. The lowest BCUT2D eigenvalue weighted by molar-refractivity contribution is -0.128. The minimum atomic E-state index is -0.501. The highest BCUT2D eigenvalue weighted by atomic mass is 35.5. The number of piperidine rings is 1. The van der Waals surface area contributed by atoms with Crippen molar-refractivity contribution < 1.29 is 19.2 Å². The highest BCUT2D eigenvalue weighted by Gasteiger charge is 2.35. The number of aromatic nitrogens is 2. The summed E-state index contributed by atoms with van der Waals surface area (Å²) in [5.41, 5.74) is 3.34. The van der Waals surface area contributed by atoms with E-state index >= 15 is 0 Å². The maximum absolute atomic E-state index is 13.6. The first-order valence-electron chi connectivity index (χ1n) is 25.9. The topological polar surface area (TPSA) is 177 Å². The van der Waals surface area contributed by atoms with Crippen molar-refractivity contribution in [1.82, 2.24) is 35.3 Å². The summed E-state index contributed by atoms with van der Waals surface area (Å²) < 4.78 is 4.17. The van der Waals surface area contributed by atoms with E-state index in [0.29, 0.717) is 54.9 Å². The molecule has 372 valence electrons. The van der Waals surface area contributed by atoms with Crippen LogP contribution < -0.4 is 21.3 Å². The molecule has 6 atom stereocenters. The minimum absolute atomic E-state index is 0.112. The van der Waals surface area contributed by atoms with E-state index in [4.69, 9.17) is 11.6 Å². The number of nitrogens with one attached hydrogen (secondary N) is 4. The van der Waals surface area contributed by atoms with E-state index in [-0.39, 0.29) is 47.5 Å². The number of nitrogens with zero attached hydrogens (tertiary/aromatic N) is 5. The maximum atomic E-state index is 13.6. The first kappa shape index (κ1) is 53.0. The SMILES string of the molecule is CC(C)C[C@@H](C#N)NC(=O)[C@@H]1CCCC[C@@H]1NC(=O)c1cc2ccccc2n1CCCCl.CC(C)C[C@@H](C#N)NC(=O)[C@@H]1CCCC[C@@H]1NC(=O)c1cc2ccccc2n1CCCN1CCCCC1. The lowest BCUT2D eigenvalue weighted by Gasteiger charge is -2.32. The number of benzene rings is 2. The third kappa shape index (κ3) is 14.8. The Kier molecular flexibility index (Phi) is 20.4. The zero-order chi connectivity index (χ0) is 49.3. The summed E-state index contributed by atoms with van der Waals surface area (Å²) in [7, 11) is 0. The number of amides is 4. The van der Waals surface area contributed by atoms with Gasteiger partial charge in [-0.1, -0.05) is 96.2 Å². The number of hydrogen-bond acceptors (Lipinski definition) is 7. The Labute approximate surface area is 415 Å². The molecule has 3 aliphatic rings. The van der Waals surface area contributed by atoms with Crippen LogP contribution in [0.4, 0.5) is 0 Å². The number of carbonyl (C=O) groups excluding carboxylic acids is 4. The third-order valence-corrected chi connectivity index (χ3v) is 14.4. The van der Waals surface area contributed by atoms with E-state index in [1.54, 1.807) is 0 Å². The van der Waals surface area contributed by atoms with Gasteiger partial charge in [-0.3, -0.25) is 19.2 Å². The zero-order valence-corrected chi connectivity index (χ0v) is 42.2. The van der Waals surface area contributed by atoms with Crippen LogP contribution in [0.5, 0.6) is 0 Å². The summed E-state index contributed by atoms with van der Waals surface area (Å²) in [5.74, 6) is 0.00501. The summed E-state index contributed by atoms with van der Waals surface area (Å²) in [6.07, 6.45) is 13.7. The van der Waals surface area contributed by atoms with Crippen LogP contribution in [0.25, 0.3) is 21.8 Å². The first-order valence-corrected chi connectivity index (χ1v) is 26.4. The Balaban J connectivity index is 0.000000229. The highest BCUT2D eigenvalue weighted by molar-refractivity contribution is 6.17. The molecule has 2 aromatic carbocycles. The highest BCUT2D eigenvalue weighted by Crippen LogP contribution is 2.29. The number of carbonyl (C=O) groups is 4. The summed E-state index contributed by atoms with van der Waals surface area (Å²) >= 11 is 5.91. The average molecular weight is 963 g/mol. The quantitative estimate of drug-likeness (QED) is 0.0677. The Morgan fingerprint density at radius 2 is 1.04 bits per heavy atom. The molecule has 3 heterocycles. The van der Waals surface area contributed by atoms with Gasteiger partial charge < -0.3 is 35.3 Å². The predicted octanol–water partition coefficient (Wildman–Crippen LogP) is 9.47. The molecule has 2 aromatic heterocycles. The van der Waals surface area contributed by atoms with Gasteiger partial charge in [-0.15, -0.1) is 11.6 Å². The van der Waals surface area contributed by atoms with Crippen molar-refractivity contribution in [3.05, 3.63) is 72.1 Å². The smallest absolute Gasteiger partial charge is 0.268 e. The molecule has 2 aliphatic carbocycles. The van der Waals surface area contributed by atoms with E-state index in [1.807, 2.05) is 80.8 Å². The molecule has 7 rings (SSSR count). The van der Waals surface area contributed by atoms with Crippen molar-refractivity contribution in [3.63, 3.8) is 0 Å². The summed E-state index contributed by atoms with van der Waals surface area (Å²) in [6.45, 7) is 13.0. The molecule has 4 aromatic rings. The summed E-state index contributed by atoms with van der Waals surface area (Å²) in [5, 5.41) is 33.2. The van der Waals surface area contributed by atoms with Crippen molar-refractivity contribution in [3.8, 4) is 12.1 Å². The van der Waals surface area contributed by atoms with Gasteiger partial charge in [-0.2, -0.15) is 10.5 Å². The molecule has 0 bridgehead atoms. The molecule has 0 radical (unpaired) electrons. The van der Waals surface area contributed by atoms with Crippen LogP contribution in [0.2, 0.25) is 0 Å². The number of likely N-dealkylation sites (tertiary alicyclic amines) is 1. The minimum Gasteiger partial charge on any atom is -0.347 e. The Bertz CT molecular complexity index is 2410. The van der Waals surface area contributed by atoms with Gasteiger partial charge in [-0.25, -0.2) is 0 Å². The normalized spacial score (nSPS) is 20.5. The monoisotopic (exact) mass is 962 g/mol. The number of aryl methyl sites for hydroxylation is 2. The van der Waals surface area contributed by atoms with Gasteiger partial charge in [0.15, 0.2) is 0 Å². The third-order valence-electron chi connectivity index (χ3n) is 14.1. The Morgan fingerprint density at radius 3 is 1.48 bits per heavy atom. The Hall–Kier alpha value is -5.37. The van der Waals surface area contributed by atoms with Crippen molar-refractivity contribution in [2.45, 2.75) is 161 Å². The van der Waals surface area contributed by atoms with Crippen LogP contribution in [0, 0.1) is 46.3 Å². The summed E-state index contributed by atoms with van der Waals surface area (Å²) in [4.78, 5) is 55.6. The fraction of sp³-hybridized carbons (Fsp3) is 0.600. The number of fused-ring (bicyclic) bond motifs is 2. The van der Waals surface area contributed by atoms with E-state index in [0.717, 1.165) is 92.7 Å². The number of nitriles is 2. The van der Waals surface area contributed by atoms with E-state index in [2.05, 4.69) is 55.0 Å². The molecular formula is C55H76ClN9O4. The standard InChI is InChI=1S/C30H43N5O2.C25H33ClN4O2/c1-22(2)19-24(21-31)32-29(36)25-12-5-6-13-26(25)33-30(37)28-20-23-11-4-7-14-27(23)35(28)18-10-17-34-15-8-3-9-16-34;1-17(2)14-19(16-27)28-24(31)20-9-4-5-10-21(20)29-25(32)23-15-18-8-3-6-11-22(18)30(23)13-7-12-26/h4,7,11,14,20,22,24-26H,3,5-6,8-10,12-13,15-19H2,1-2H3,(H,32,36)(H,33,37);3,6,8,11,15,17,19-21H,4-5,7,9-10,12-14H2,1-2H3,(H,28,31)(H,29,32)/t24-,25+,26-;19-,20+,21-/m00/s1. The number of rotatable bonds is 19. The van der Waals surface area contributed by atoms with Crippen LogP contribution in [-0.2, 0) is 22.7 Å². The molecule has 0 unspecified atom stereocenters. The molecule has 1 saturated heterocycles. The lowest BCUT2D eigenvalue weighted by Crippen LogP contribution is -2.50. The second kappa shape index (κ2) is 26.6. The average Bonchev–Trinajstić information content (AvgIpc) is 3.92. The summed E-state index contributed by atoms with van der Waals surface area (Å²) in [6, 6.07) is 22.9. The second-order valence-electron chi connectivity index (χ2n) is 20.4. The van der Waals surface area contributed by atoms with E-state index in [9.17, 15) is 29.7 Å². The molecule has 13 nitrogen and oxygen atoms in total. The number of hydrogen-bond donors (Lipinski definition) is 4. The predicted molar refractivity (Wildman–Crippen MR) is 275 cm³/mol. The van der Waals surface area contributed by atoms with E-state index < -0.39 is 12.1 Å².